The van der Waals surface area contributed by atoms with Gasteiger partial charge in [0.05, 0.1) is 18.3 Å². The van der Waals surface area contributed by atoms with Crippen molar-refractivity contribution in [2.45, 2.75) is 0 Å². The second-order valence-electron chi connectivity index (χ2n) is 3.53. The number of urea groups is 1. The maximum Gasteiger partial charge on any atom is 0.331 e. The average Bonchev–Trinajstić information content (AvgIpc) is 2.57. The van der Waals surface area contributed by atoms with Crippen molar-refractivity contribution in [3.63, 3.8) is 0 Å². The molecule has 2 amide bonds. The van der Waals surface area contributed by atoms with Crippen molar-refractivity contribution >= 4 is 17.6 Å². The Morgan fingerprint density at radius 3 is 2.82 bits per heavy atom. The minimum Gasteiger partial charge on any atom is -0.303 e. The summed E-state index contributed by atoms with van der Waals surface area (Å²) in [6.45, 7) is -0.0765. The van der Waals surface area contributed by atoms with Crippen LogP contribution >= 0.6 is 0 Å². The van der Waals surface area contributed by atoms with Crippen molar-refractivity contribution in [2.75, 3.05) is 18.0 Å². The van der Waals surface area contributed by atoms with Crippen LogP contribution < -0.4 is 4.90 Å². The monoisotopic (exact) mass is 232 g/mol. The number of nitrogens with one attached hydrogen (secondary N) is 1. The van der Waals surface area contributed by atoms with E-state index < -0.39 is 11.8 Å². The summed E-state index contributed by atoms with van der Waals surface area (Å²) in [5.74, 6) is -0.597. The molecule has 0 spiro atoms. The van der Waals surface area contributed by atoms with Gasteiger partial charge in [-0.2, -0.15) is 5.26 Å². The molecule has 1 aliphatic heterocycles. The van der Waals surface area contributed by atoms with Crippen LogP contribution in [0.1, 0.15) is 0 Å². The van der Waals surface area contributed by atoms with Crippen LogP contribution in [-0.4, -0.2) is 29.9 Å². The molecule has 1 fully saturated rings. The fourth-order valence-electron chi connectivity index (χ4n) is 1.67. The maximum absolute atomic E-state index is 13.5. The molecule has 1 heterocycles. The van der Waals surface area contributed by atoms with E-state index in [9.17, 15) is 9.18 Å². The van der Waals surface area contributed by atoms with Crippen molar-refractivity contribution in [1.29, 1.82) is 10.7 Å². The lowest BCUT2D eigenvalue weighted by Crippen LogP contribution is -2.33. The van der Waals surface area contributed by atoms with E-state index in [1.54, 1.807) is 6.07 Å². The Morgan fingerprint density at radius 2 is 2.18 bits per heavy atom. The van der Waals surface area contributed by atoms with Gasteiger partial charge in [0, 0.05) is 0 Å². The highest BCUT2D eigenvalue weighted by Gasteiger charge is 2.35. The molecule has 1 aromatic carbocycles. The second-order valence-corrected chi connectivity index (χ2v) is 3.53. The molecule has 1 saturated heterocycles. The summed E-state index contributed by atoms with van der Waals surface area (Å²) in [7, 11) is 0. The van der Waals surface area contributed by atoms with Gasteiger partial charge in [0.2, 0.25) is 0 Å². The Hall–Kier alpha value is -2.42. The molecule has 0 atom stereocenters. The number of rotatable bonds is 2. The van der Waals surface area contributed by atoms with Crippen molar-refractivity contribution in [3.05, 3.63) is 30.1 Å². The fourth-order valence-corrected chi connectivity index (χ4v) is 1.67. The Labute approximate surface area is 97.2 Å². The molecule has 0 saturated carbocycles. The molecule has 6 heteroatoms. The quantitative estimate of drug-likeness (QED) is 0.786. The number of benzene rings is 1. The SMILES string of the molecule is N#CCN1CC(=N)N(c2ccccc2F)C1=O. The Morgan fingerprint density at radius 1 is 1.47 bits per heavy atom. The van der Waals surface area contributed by atoms with E-state index in [0.717, 1.165) is 4.90 Å². The summed E-state index contributed by atoms with van der Waals surface area (Å²) in [5, 5.41) is 16.2. The molecule has 0 bridgehead atoms. The summed E-state index contributed by atoms with van der Waals surface area (Å²) < 4.78 is 13.5. The molecule has 17 heavy (non-hydrogen) atoms. The van der Waals surface area contributed by atoms with Crippen LogP contribution in [0.4, 0.5) is 14.9 Å². The largest absolute Gasteiger partial charge is 0.331 e. The lowest BCUT2D eigenvalue weighted by molar-refractivity contribution is 0.225. The topological polar surface area (TPSA) is 71.2 Å². The third-order valence-electron chi connectivity index (χ3n) is 2.43. The first-order valence-electron chi connectivity index (χ1n) is 4.93. The Bertz CT molecular complexity index is 522. The van der Waals surface area contributed by atoms with E-state index in [4.69, 9.17) is 10.7 Å². The van der Waals surface area contributed by atoms with E-state index in [-0.39, 0.29) is 24.6 Å². The van der Waals surface area contributed by atoms with Gasteiger partial charge in [0.1, 0.15) is 18.2 Å². The van der Waals surface area contributed by atoms with E-state index in [1.807, 2.05) is 6.07 Å². The Kier molecular flexibility index (Phi) is 2.75. The minimum atomic E-state index is -0.565. The van der Waals surface area contributed by atoms with Crippen LogP contribution in [0.5, 0.6) is 0 Å². The molecular formula is C11H9FN4O. The van der Waals surface area contributed by atoms with Crippen LogP contribution in [0, 0.1) is 22.6 Å². The molecular weight excluding hydrogens is 223 g/mol. The van der Waals surface area contributed by atoms with Crippen LogP contribution in [0.25, 0.3) is 0 Å². The third kappa shape index (κ3) is 1.83. The number of anilines is 1. The summed E-state index contributed by atoms with van der Waals surface area (Å²) in [5.41, 5.74) is 0.0444. The van der Waals surface area contributed by atoms with Crippen LogP contribution in [0.2, 0.25) is 0 Å². The van der Waals surface area contributed by atoms with Crippen LogP contribution in [0.3, 0.4) is 0 Å². The zero-order chi connectivity index (χ0) is 12.4. The van der Waals surface area contributed by atoms with Crippen LogP contribution in [0.15, 0.2) is 24.3 Å². The first-order chi connectivity index (χ1) is 8.15. The molecule has 0 aliphatic carbocycles. The number of hydrogen-bond donors (Lipinski definition) is 1. The zero-order valence-corrected chi connectivity index (χ0v) is 8.85. The third-order valence-corrected chi connectivity index (χ3v) is 2.43. The van der Waals surface area contributed by atoms with E-state index >= 15 is 0 Å². The van der Waals surface area contributed by atoms with Gasteiger partial charge < -0.3 is 4.90 Å². The van der Waals surface area contributed by atoms with Gasteiger partial charge in [-0.3, -0.25) is 5.41 Å². The lowest BCUT2D eigenvalue weighted by atomic mass is 10.3. The van der Waals surface area contributed by atoms with Gasteiger partial charge in [-0.15, -0.1) is 0 Å². The summed E-state index contributed by atoms with van der Waals surface area (Å²) >= 11 is 0. The zero-order valence-electron chi connectivity index (χ0n) is 8.85. The number of para-hydroxylation sites is 1. The van der Waals surface area contributed by atoms with Gasteiger partial charge in [-0.1, -0.05) is 12.1 Å². The minimum absolute atomic E-state index is 0.0285. The summed E-state index contributed by atoms with van der Waals surface area (Å²) in [4.78, 5) is 14.0. The molecule has 1 aromatic rings. The smallest absolute Gasteiger partial charge is 0.303 e. The predicted octanol–water partition coefficient (Wildman–Crippen LogP) is 1.57. The van der Waals surface area contributed by atoms with Crippen molar-refractivity contribution in [2.24, 2.45) is 0 Å². The van der Waals surface area contributed by atoms with Gasteiger partial charge in [0.25, 0.3) is 0 Å². The number of carbonyl (C=O) groups is 1. The maximum atomic E-state index is 13.5. The van der Waals surface area contributed by atoms with Gasteiger partial charge in [-0.25, -0.2) is 14.1 Å². The predicted molar refractivity (Wildman–Crippen MR) is 59.2 cm³/mol. The number of carbonyl (C=O) groups excluding carboxylic acids is 1. The first kappa shape index (κ1) is 11.1. The van der Waals surface area contributed by atoms with E-state index in [0.29, 0.717) is 0 Å². The molecule has 0 radical (unpaired) electrons. The molecule has 1 N–H and O–H groups in total. The number of nitriles is 1. The van der Waals surface area contributed by atoms with E-state index in [2.05, 4.69) is 0 Å². The average molecular weight is 232 g/mol. The first-order valence-corrected chi connectivity index (χ1v) is 4.93. The van der Waals surface area contributed by atoms with Crippen LogP contribution in [-0.2, 0) is 0 Å². The molecule has 0 unspecified atom stereocenters. The Balaban J connectivity index is 2.35. The number of nitrogens with zero attached hydrogens (tertiary/aromatic N) is 3. The summed E-state index contributed by atoms with van der Waals surface area (Å²) in [6, 6.07) is 7.05. The van der Waals surface area contributed by atoms with Gasteiger partial charge in [0.15, 0.2) is 0 Å². The van der Waals surface area contributed by atoms with Gasteiger partial charge in [-0.05, 0) is 12.1 Å². The number of hydrogen-bond acceptors (Lipinski definition) is 3. The molecule has 2 rings (SSSR count). The lowest BCUT2D eigenvalue weighted by Gasteiger charge is -2.16. The number of halogens is 1. The standard InChI is InChI=1S/C11H9FN4O/c12-8-3-1-2-4-9(8)16-10(14)7-15(6-5-13)11(16)17/h1-4,14H,6-7H2. The highest BCUT2D eigenvalue weighted by Crippen LogP contribution is 2.23. The number of amides is 2. The number of amidine groups is 1. The van der Waals surface area contributed by atoms with Crippen molar-refractivity contribution in [3.8, 4) is 6.07 Å². The van der Waals surface area contributed by atoms with Crippen molar-refractivity contribution < 1.29 is 9.18 Å². The molecule has 0 aromatic heterocycles. The normalized spacial score (nSPS) is 15.3. The second kappa shape index (κ2) is 4.22. The fraction of sp³-hybridized carbons (Fsp3) is 0.182. The van der Waals surface area contributed by atoms with Gasteiger partial charge >= 0.3 is 6.03 Å². The molecule has 86 valence electrons. The molecule has 1 aliphatic rings. The highest BCUT2D eigenvalue weighted by atomic mass is 19.1. The molecule has 5 nitrogen and oxygen atoms in total. The summed E-state index contributed by atoms with van der Waals surface area (Å²) in [6.07, 6.45) is 0. The highest BCUT2D eigenvalue weighted by molar-refractivity contribution is 6.20. The van der Waals surface area contributed by atoms with Crippen molar-refractivity contribution in [1.82, 2.24) is 4.90 Å². The van der Waals surface area contributed by atoms with E-state index in [1.165, 1.54) is 23.1 Å².